The third-order valence-corrected chi connectivity index (χ3v) is 8.98. The van der Waals surface area contributed by atoms with Crippen LogP contribution in [0.2, 0.25) is 0 Å². The minimum absolute atomic E-state index is 0.136. The van der Waals surface area contributed by atoms with Gasteiger partial charge < -0.3 is 34.7 Å². The Bertz CT molecular complexity index is 1850. The summed E-state index contributed by atoms with van der Waals surface area (Å²) in [5.41, 5.74) is 5.89. The molecule has 2 atom stereocenters. The SMILES string of the molecule is CCOc1cc([C@H]2NC(=O)NC(C)=C2C(=O)OC)ccc1OC[C@@H](O)N/N=C\c1cc(I)c(OCc2cccc3ccccc23)c(I)c1. The van der Waals surface area contributed by atoms with Crippen molar-refractivity contribution in [1.82, 2.24) is 16.1 Å². The molecule has 0 aliphatic carbocycles. The molecule has 1 aliphatic rings. The Morgan fingerprint density at radius 2 is 1.77 bits per heavy atom. The van der Waals surface area contributed by atoms with E-state index in [4.69, 9.17) is 18.9 Å². The Kier molecular flexibility index (Phi) is 12.0. The lowest BCUT2D eigenvalue weighted by Crippen LogP contribution is -2.45. The van der Waals surface area contributed by atoms with Gasteiger partial charge in [0.1, 0.15) is 19.0 Å². The topological polar surface area (TPSA) is 140 Å². The molecule has 0 saturated carbocycles. The van der Waals surface area contributed by atoms with Crippen LogP contribution in [-0.2, 0) is 16.1 Å². The maximum atomic E-state index is 12.5. The Morgan fingerprint density at radius 1 is 1.02 bits per heavy atom. The molecule has 13 heteroatoms. The van der Waals surface area contributed by atoms with Gasteiger partial charge in [-0.05, 0) is 111 Å². The van der Waals surface area contributed by atoms with Crippen molar-refractivity contribution in [1.29, 1.82) is 0 Å². The van der Waals surface area contributed by atoms with Crippen molar-refractivity contribution in [2.75, 3.05) is 20.3 Å². The molecule has 11 nitrogen and oxygen atoms in total. The van der Waals surface area contributed by atoms with E-state index >= 15 is 0 Å². The fourth-order valence-electron chi connectivity index (χ4n) is 5.18. The van der Waals surface area contributed by atoms with Crippen molar-refractivity contribution in [3.63, 3.8) is 0 Å². The van der Waals surface area contributed by atoms with Crippen LogP contribution in [0.1, 0.15) is 36.6 Å². The van der Waals surface area contributed by atoms with Crippen LogP contribution < -0.4 is 30.3 Å². The summed E-state index contributed by atoms with van der Waals surface area (Å²) < 4.78 is 24.7. The van der Waals surface area contributed by atoms with Crippen molar-refractivity contribution in [3.05, 3.63) is 108 Å². The second-order valence-corrected chi connectivity index (χ2v) is 13.0. The largest absolute Gasteiger partial charge is 0.490 e. The molecule has 4 aromatic rings. The van der Waals surface area contributed by atoms with Gasteiger partial charge in [-0.2, -0.15) is 5.10 Å². The Balaban J connectivity index is 1.19. The lowest BCUT2D eigenvalue weighted by molar-refractivity contribution is -0.136. The number of urea groups is 1. The van der Waals surface area contributed by atoms with E-state index in [1.165, 1.54) is 17.9 Å². The molecule has 4 aromatic carbocycles. The Morgan fingerprint density at radius 3 is 2.52 bits per heavy atom. The number of halogens is 2. The Labute approximate surface area is 305 Å². The maximum absolute atomic E-state index is 12.5. The number of ether oxygens (including phenoxy) is 4. The van der Waals surface area contributed by atoms with Crippen molar-refractivity contribution in [2.45, 2.75) is 32.7 Å². The number of fused-ring (bicyclic) bond motifs is 1. The monoisotopic (exact) mass is 876 g/mol. The molecular weight excluding hydrogens is 842 g/mol. The number of carbonyl (C=O) groups is 2. The second kappa shape index (κ2) is 16.3. The van der Waals surface area contributed by atoms with E-state index in [1.807, 2.05) is 37.3 Å². The van der Waals surface area contributed by atoms with Gasteiger partial charge in [-0.3, -0.25) is 5.43 Å². The molecule has 1 aliphatic heterocycles. The number of rotatable bonds is 13. The number of nitrogens with zero attached hydrogens (tertiary/aromatic N) is 1. The highest BCUT2D eigenvalue weighted by molar-refractivity contribution is 14.1. The summed E-state index contributed by atoms with van der Waals surface area (Å²) >= 11 is 4.50. The van der Waals surface area contributed by atoms with Crippen LogP contribution in [0.15, 0.2) is 89.2 Å². The number of aliphatic hydroxyl groups excluding tert-OH is 1. The molecule has 0 spiro atoms. The second-order valence-electron chi connectivity index (χ2n) is 10.7. The Hall–Kier alpha value is -4.09. The number of allylic oxidation sites excluding steroid dienone is 1. The molecule has 48 heavy (non-hydrogen) atoms. The van der Waals surface area contributed by atoms with E-state index in [9.17, 15) is 14.7 Å². The molecule has 5 rings (SSSR count). The number of esters is 1. The minimum Gasteiger partial charge on any atom is -0.490 e. The van der Waals surface area contributed by atoms with Crippen molar-refractivity contribution in [3.8, 4) is 17.2 Å². The first-order valence-electron chi connectivity index (χ1n) is 15.0. The number of hydrogen-bond donors (Lipinski definition) is 4. The minimum atomic E-state index is -1.13. The number of aliphatic hydroxyl groups is 1. The number of hydrazone groups is 1. The van der Waals surface area contributed by atoms with Crippen LogP contribution in [0.4, 0.5) is 4.79 Å². The quantitative estimate of drug-likeness (QED) is 0.0413. The van der Waals surface area contributed by atoms with Crippen molar-refractivity contribution < 1.29 is 33.6 Å². The normalized spacial score (nSPS) is 15.1. The highest BCUT2D eigenvalue weighted by atomic mass is 127. The molecule has 0 bridgehead atoms. The molecule has 0 fully saturated rings. The summed E-state index contributed by atoms with van der Waals surface area (Å²) in [5, 5.41) is 22.4. The smallest absolute Gasteiger partial charge is 0.337 e. The zero-order valence-corrected chi connectivity index (χ0v) is 30.7. The summed E-state index contributed by atoms with van der Waals surface area (Å²) in [7, 11) is 1.28. The number of carbonyl (C=O) groups excluding carboxylic acids is 2. The first kappa shape index (κ1) is 35.2. The van der Waals surface area contributed by atoms with Gasteiger partial charge in [-0.25, -0.2) is 9.59 Å². The molecule has 0 unspecified atom stereocenters. The fourth-order valence-corrected chi connectivity index (χ4v) is 7.31. The lowest BCUT2D eigenvalue weighted by atomic mass is 9.95. The first-order valence-corrected chi connectivity index (χ1v) is 17.2. The van der Waals surface area contributed by atoms with Gasteiger partial charge in [0.2, 0.25) is 0 Å². The standard InChI is InChI=1S/C35H34I2N4O7/c1-4-46-29-16-23(32-31(34(43)45-3)20(2)39-35(44)40-32)12-13-28(29)47-19-30(42)41-38-17-21-14-26(36)33(27(37)15-21)48-18-24-10-7-9-22-8-5-6-11-25(22)24/h5-17,30,32,41-42H,4,18-19H2,1-3H3,(H2,39,40,44)/b38-17-/t30-,32-/m1/s1. The molecular formula is C35H34I2N4O7. The third kappa shape index (κ3) is 8.49. The summed E-state index contributed by atoms with van der Waals surface area (Å²) in [4.78, 5) is 24.7. The highest BCUT2D eigenvalue weighted by Gasteiger charge is 2.32. The summed E-state index contributed by atoms with van der Waals surface area (Å²) in [5.74, 6) is 0.985. The summed E-state index contributed by atoms with van der Waals surface area (Å²) in [6, 6.07) is 22.2. The molecule has 0 aromatic heterocycles. The average Bonchev–Trinajstić information content (AvgIpc) is 3.07. The van der Waals surface area contributed by atoms with Gasteiger partial charge in [-0.15, -0.1) is 0 Å². The number of amides is 2. The molecule has 250 valence electrons. The maximum Gasteiger partial charge on any atom is 0.337 e. The van der Waals surface area contributed by atoms with E-state index in [0.717, 1.165) is 24.0 Å². The fraction of sp³-hybridized carbons (Fsp3) is 0.229. The average molecular weight is 876 g/mol. The molecule has 2 amide bonds. The van der Waals surface area contributed by atoms with Crippen LogP contribution in [-0.4, -0.2) is 49.9 Å². The predicted octanol–water partition coefficient (Wildman–Crippen LogP) is 6.15. The van der Waals surface area contributed by atoms with Crippen molar-refractivity contribution >= 4 is 74.2 Å². The number of hydrogen-bond acceptors (Lipinski definition) is 9. The zero-order chi connectivity index (χ0) is 34.2. The van der Waals surface area contributed by atoms with Crippen LogP contribution >= 0.6 is 45.2 Å². The lowest BCUT2D eigenvalue weighted by Gasteiger charge is -2.28. The van der Waals surface area contributed by atoms with E-state index in [1.54, 1.807) is 31.3 Å². The van der Waals surface area contributed by atoms with E-state index in [0.29, 0.717) is 36.0 Å². The number of methoxy groups -OCH3 is 1. The molecule has 0 saturated heterocycles. The van der Waals surface area contributed by atoms with Gasteiger partial charge in [0.15, 0.2) is 17.7 Å². The van der Waals surface area contributed by atoms with Gasteiger partial charge in [-0.1, -0.05) is 48.5 Å². The van der Waals surface area contributed by atoms with E-state index < -0.39 is 24.3 Å². The number of benzene rings is 4. The molecule has 4 N–H and O–H groups in total. The van der Waals surface area contributed by atoms with E-state index in [-0.39, 0.29) is 12.2 Å². The third-order valence-electron chi connectivity index (χ3n) is 7.38. The van der Waals surface area contributed by atoms with Gasteiger partial charge in [0.05, 0.1) is 38.7 Å². The van der Waals surface area contributed by atoms with Crippen LogP contribution in [0.3, 0.4) is 0 Å². The van der Waals surface area contributed by atoms with Gasteiger partial charge >= 0.3 is 12.0 Å². The van der Waals surface area contributed by atoms with Gasteiger partial charge in [0, 0.05) is 5.70 Å². The van der Waals surface area contributed by atoms with E-state index in [2.05, 4.69) is 90.6 Å². The molecule has 0 radical (unpaired) electrons. The zero-order valence-electron chi connectivity index (χ0n) is 26.4. The van der Waals surface area contributed by atoms with Crippen molar-refractivity contribution in [2.24, 2.45) is 5.10 Å². The summed E-state index contributed by atoms with van der Waals surface area (Å²) in [6.45, 7) is 4.11. The van der Waals surface area contributed by atoms with Crippen LogP contribution in [0, 0.1) is 7.14 Å². The summed E-state index contributed by atoms with van der Waals surface area (Å²) in [6.07, 6.45) is 0.488. The van der Waals surface area contributed by atoms with Crippen LogP contribution in [0.25, 0.3) is 10.8 Å². The van der Waals surface area contributed by atoms with Gasteiger partial charge in [0.25, 0.3) is 0 Å². The molecule has 1 heterocycles. The highest BCUT2D eigenvalue weighted by Crippen LogP contribution is 2.35. The van der Waals surface area contributed by atoms with Crippen LogP contribution in [0.5, 0.6) is 17.2 Å². The number of nitrogens with one attached hydrogen (secondary N) is 3. The first-order chi connectivity index (χ1) is 23.2. The predicted molar refractivity (Wildman–Crippen MR) is 199 cm³/mol.